The van der Waals surface area contributed by atoms with Gasteiger partial charge in [-0.3, -0.25) is 4.79 Å². The molecule has 0 radical (unpaired) electrons. The molecule has 1 saturated heterocycles. The number of fused-ring (bicyclic) bond motifs is 2. The van der Waals surface area contributed by atoms with E-state index < -0.39 is 30.0 Å². The summed E-state index contributed by atoms with van der Waals surface area (Å²) >= 11 is 0. The molecule has 1 amide bonds. The van der Waals surface area contributed by atoms with E-state index in [0.29, 0.717) is 28.8 Å². The van der Waals surface area contributed by atoms with Gasteiger partial charge < -0.3 is 19.2 Å². The molecule has 6 rings (SSSR count). The van der Waals surface area contributed by atoms with Crippen molar-refractivity contribution in [3.63, 3.8) is 0 Å². The molecule has 3 fully saturated rings. The predicted molar refractivity (Wildman–Crippen MR) is 138 cm³/mol. The van der Waals surface area contributed by atoms with Gasteiger partial charge in [0.15, 0.2) is 11.6 Å². The highest BCUT2D eigenvalue weighted by Crippen LogP contribution is 2.64. The lowest BCUT2D eigenvalue weighted by atomic mass is 9.79. The van der Waals surface area contributed by atoms with Crippen molar-refractivity contribution in [2.45, 2.75) is 64.7 Å². The molecule has 2 unspecified atom stereocenters. The molecule has 194 valence electrons. The number of rotatable bonds is 5. The van der Waals surface area contributed by atoms with Gasteiger partial charge in [-0.25, -0.2) is 13.8 Å². The van der Waals surface area contributed by atoms with E-state index >= 15 is 0 Å². The minimum atomic E-state index is -0.880. The van der Waals surface area contributed by atoms with Crippen molar-refractivity contribution < 1.29 is 22.9 Å². The number of aromatic nitrogens is 2. The maximum Gasteiger partial charge on any atom is 0.494 e. The average molecular weight is 507 g/mol. The molecular formula is C28H32BF2N3O3. The van der Waals surface area contributed by atoms with Crippen LogP contribution in [0.1, 0.15) is 53.5 Å². The van der Waals surface area contributed by atoms with Gasteiger partial charge in [-0.15, -0.1) is 0 Å². The van der Waals surface area contributed by atoms with Crippen molar-refractivity contribution in [1.29, 1.82) is 0 Å². The number of imidazole rings is 1. The van der Waals surface area contributed by atoms with Crippen LogP contribution in [0.5, 0.6) is 0 Å². The number of hydrogen-bond donors (Lipinski definition) is 1. The van der Waals surface area contributed by atoms with Crippen LogP contribution >= 0.6 is 0 Å². The highest BCUT2D eigenvalue weighted by Gasteiger charge is 2.59. The molecule has 9 heteroatoms. The fraction of sp³-hybridized carbons (Fsp3) is 0.500. The quantitative estimate of drug-likeness (QED) is 0.489. The molecule has 2 aliphatic carbocycles. The first-order chi connectivity index (χ1) is 17.4. The lowest BCUT2D eigenvalue weighted by Gasteiger charge is -2.32. The molecular weight excluding hydrogens is 475 g/mol. The van der Waals surface area contributed by atoms with Gasteiger partial charge >= 0.3 is 7.12 Å². The van der Waals surface area contributed by atoms with Crippen molar-refractivity contribution in [3.05, 3.63) is 54.4 Å². The Morgan fingerprint density at radius 3 is 2.27 bits per heavy atom. The zero-order valence-corrected chi connectivity index (χ0v) is 21.8. The average Bonchev–Trinajstić information content (AvgIpc) is 3.11. The summed E-state index contributed by atoms with van der Waals surface area (Å²) in [7, 11) is -0.435. The summed E-state index contributed by atoms with van der Waals surface area (Å²) in [4.78, 5) is 17.3. The van der Waals surface area contributed by atoms with Crippen LogP contribution in [0.3, 0.4) is 0 Å². The molecule has 6 nitrogen and oxygen atoms in total. The summed E-state index contributed by atoms with van der Waals surface area (Å²) in [6.45, 7) is 10.1. The van der Waals surface area contributed by atoms with E-state index in [1.54, 1.807) is 6.33 Å². The van der Waals surface area contributed by atoms with Crippen LogP contribution in [0.25, 0.3) is 11.0 Å². The molecule has 1 aromatic heterocycles. The maximum absolute atomic E-state index is 13.8. The van der Waals surface area contributed by atoms with E-state index in [2.05, 4.69) is 10.3 Å². The van der Waals surface area contributed by atoms with Gasteiger partial charge in [0.1, 0.15) is 0 Å². The lowest BCUT2D eigenvalue weighted by molar-refractivity contribution is -0.120. The second kappa shape index (κ2) is 8.36. The molecule has 2 aromatic carbocycles. The number of hydrogen-bond acceptors (Lipinski definition) is 4. The Balaban J connectivity index is 1.06. The number of carbonyl (C=O) groups is 1. The van der Waals surface area contributed by atoms with E-state index in [1.807, 2.05) is 63.5 Å². The first-order valence-corrected chi connectivity index (χ1v) is 13.0. The first-order valence-electron chi connectivity index (χ1n) is 13.0. The van der Waals surface area contributed by atoms with Gasteiger partial charge in [-0.05, 0) is 75.9 Å². The van der Waals surface area contributed by atoms with E-state index in [-0.39, 0.29) is 17.9 Å². The lowest BCUT2D eigenvalue weighted by Crippen LogP contribution is -2.41. The molecule has 1 N–H and O–H groups in total. The van der Waals surface area contributed by atoms with Crippen LogP contribution in [0.2, 0.25) is 0 Å². The van der Waals surface area contributed by atoms with Crippen molar-refractivity contribution in [2.24, 2.45) is 23.7 Å². The molecule has 3 aliphatic rings. The summed E-state index contributed by atoms with van der Waals surface area (Å²) in [6.07, 6.45) is 3.51. The largest absolute Gasteiger partial charge is 0.494 e. The highest BCUT2D eigenvalue weighted by atomic mass is 19.2. The molecule has 0 spiro atoms. The second-order valence-corrected chi connectivity index (χ2v) is 11.9. The number of nitrogens with one attached hydrogen (secondary N) is 1. The summed E-state index contributed by atoms with van der Waals surface area (Å²) < 4.78 is 41.5. The highest BCUT2D eigenvalue weighted by molar-refractivity contribution is 6.62. The van der Waals surface area contributed by atoms with E-state index in [0.717, 1.165) is 30.1 Å². The summed E-state index contributed by atoms with van der Waals surface area (Å²) in [5, 5.41) is 3.06. The predicted octanol–water partition coefficient (Wildman–Crippen LogP) is 5.09. The molecule has 3 aromatic rings. The van der Waals surface area contributed by atoms with Crippen molar-refractivity contribution in [3.8, 4) is 0 Å². The van der Waals surface area contributed by atoms with E-state index in [4.69, 9.17) is 9.31 Å². The van der Waals surface area contributed by atoms with Crippen molar-refractivity contribution >= 4 is 35.2 Å². The zero-order valence-electron chi connectivity index (χ0n) is 21.8. The van der Waals surface area contributed by atoms with Crippen molar-refractivity contribution in [2.75, 3.05) is 5.32 Å². The monoisotopic (exact) mass is 507 g/mol. The number of benzene rings is 2. The van der Waals surface area contributed by atoms with Crippen LogP contribution in [0.4, 0.5) is 14.5 Å². The Labute approximate surface area is 215 Å². The molecule has 1 aliphatic heterocycles. The Morgan fingerprint density at radius 2 is 1.65 bits per heavy atom. The minimum Gasteiger partial charge on any atom is -0.399 e. The van der Waals surface area contributed by atoms with Gasteiger partial charge in [-0.2, -0.15) is 0 Å². The van der Waals surface area contributed by atoms with Gasteiger partial charge in [0, 0.05) is 29.8 Å². The Bertz CT molecular complexity index is 1340. The maximum atomic E-state index is 13.8. The number of carbonyl (C=O) groups excluding carboxylic acids is 1. The SMILES string of the molecule is C[C@H](C(=O)Nc1ccc(B2OC(C)(C)C(C)(C)O2)cc1)C1[C@H]2CC(n3cnc4cc(F)c(F)cc43)C[C@@H]12. The number of nitrogens with zero attached hydrogens (tertiary/aromatic N) is 2. The van der Waals surface area contributed by atoms with Gasteiger partial charge in [0.05, 0.1) is 28.6 Å². The second-order valence-electron chi connectivity index (χ2n) is 11.9. The molecule has 2 heterocycles. The first kappa shape index (κ1) is 24.6. The molecule has 5 atom stereocenters. The van der Waals surface area contributed by atoms with E-state index in [9.17, 15) is 13.6 Å². The topological polar surface area (TPSA) is 65.4 Å². The van der Waals surface area contributed by atoms with Crippen molar-refractivity contribution in [1.82, 2.24) is 9.55 Å². The van der Waals surface area contributed by atoms with Crippen LogP contribution in [0.15, 0.2) is 42.7 Å². The number of halogens is 2. The normalized spacial score (nSPS) is 28.4. The summed E-state index contributed by atoms with van der Waals surface area (Å²) in [5.41, 5.74) is 1.95. The fourth-order valence-corrected chi connectivity index (χ4v) is 6.28. The summed E-state index contributed by atoms with van der Waals surface area (Å²) in [6, 6.07) is 10.2. The third-order valence-corrected chi connectivity index (χ3v) is 9.19. The van der Waals surface area contributed by atoms with Crippen LogP contribution < -0.4 is 10.8 Å². The minimum absolute atomic E-state index is 0.0185. The van der Waals surface area contributed by atoms with Gasteiger partial charge in [-0.1, -0.05) is 19.1 Å². The van der Waals surface area contributed by atoms with E-state index in [1.165, 1.54) is 6.07 Å². The molecule has 0 bridgehead atoms. The number of anilines is 1. The zero-order chi connectivity index (χ0) is 26.3. The van der Waals surface area contributed by atoms with Crippen LogP contribution in [-0.2, 0) is 14.1 Å². The molecule has 2 saturated carbocycles. The third kappa shape index (κ3) is 4.07. The third-order valence-electron chi connectivity index (χ3n) is 9.19. The Kier molecular flexibility index (Phi) is 5.55. The Hall–Kier alpha value is -2.78. The standard InChI is InChI=1S/C28H32BF2N3O3/c1-15(26(35)33-17-8-6-16(7-9-17)29-36-27(2,3)28(4,5)37-29)25-19-10-18(11-20(19)25)34-14-32-23-12-21(30)22(31)13-24(23)34/h6-9,12-15,18-20,25H,10-11H2,1-5H3,(H,33,35)/t15-,18?,19-,20+,25?/m0/s1. The smallest absolute Gasteiger partial charge is 0.399 e. The van der Waals surface area contributed by atoms with Crippen LogP contribution in [0, 0.1) is 35.3 Å². The summed E-state index contributed by atoms with van der Waals surface area (Å²) in [5.74, 6) is -0.572. The van der Waals surface area contributed by atoms with Gasteiger partial charge in [0.25, 0.3) is 0 Å². The molecule has 37 heavy (non-hydrogen) atoms. The van der Waals surface area contributed by atoms with Gasteiger partial charge in [0.2, 0.25) is 5.91 Å². The fourth-order valence-electron chi connectivity index (χ4n) is 6.28. The van der Waals surface area contributed by atoms with Crippen LogP contribution in [-0.4, -0.2) is 33.8 Å². The Morgan fingerprint density at radius 1 is 1.05 bits per heavy atom. The number of amides is 1.